The molecule has 2 heterocycles. The van der Waals surface area contributed by atoms with Crippen molar-refractivity contribution in [3.05, 3.63) is 70.1 Å². The molecule has 1 unspecified atom stereocenters. The lowest BCUT2D eigenvalue weighted by Gasteiger charge is -2.15. The molecule has 1 atom stereocenters. The van der Waals surface area contributed by atoms with E-state index < -0.39 is 0 Å². The Morgan fingerprint density at radius 1 is 1.19 bits per heavy atom. The lowest BCUT2D eigenvalue weighted by Crippen LogP contribution is -2.40. The van der Waals surface area contributed by atoms with Crippen molar-refractivity contribution in [3.63, 3.8) is 0 Å². The number of hydrogen-bond acceptors (Lipinski definition) is 3. The maximum Gasteiger partial charge on any atom is 0.250 e. The zero-order chi connectivity index (χ0) is 18.2. The Morgan fingerprint density at radius 3 is 2.63 bits per heavy atom. The third kappa shape index (κ3) is 6.66. The predicted molar refractivity (Wildman–Crippen MR) is 119 cm³/mol. The second-order valence-corrected chi connectivity index (χ2v) is 6.42. The molecule has 27 heavy (non-hydrogen) atoms. The Kier molecular flexibility index (Phi) is 8.80. The fourth-order valence-corrected chi connectivity index (χ4v) is 2.97. The molecule has 3 rings (SSSR count). The number of ether oxygens (including phenoxy) is 1. The molecule has 7 heteroatoms. The van der Waals surface area contributed by atoms with Gasteiger partial charge in [0, 0.05) is 39.0 Å². The van der Waals surface area contributed by atoms with Crippen molar-refractivity contribution in [3.8, 4) is 0 Å². The highest BCUT2D eigenvalue weighted by molar-refractivity contribution is 14.0. The standard InChI is InChI=1S/C20H26N4O2.HI/c1-21-20(23-14-18-5-4-12-26-18)22-13-16-7-9-17(10-8-16)15-24-11-3-2-6-19(24)25;/h2-3,6-11,18H,4-5,12-15H2,1H3,(H2,21,22,23);1H. The molecule has 1 saturated heterocycles. The molecule has 1 fully saturated rings. The monoisotopic (exact) mass is 482 g/mol. The van der Waals surface area contributed by atoms with Crippen LogP contribution in [0.5, 0.6) is 0 Å². The first-order chi connectivity index (χ1) is 12.7. The largest absolute Gasteiger partial charge is 0.376 e. The minimum atomic E-state index is 0. The van der Waals surface area contributed by atoms with E-state index in [9.17, 15) is 4.79 Å². The number of pyridine rings is 1. The molecule has 1 aromatic carbocycles. The number of benzene rings is 1. The van der Waals surface area contributed by atoms with E-state index in [1.54, 1.807) is 23.7 Å². The number of nitrogens with one attached hydrogen (secondary N) is 2. The van der Waals surface area contributed by atoms with Crippen LogP contribution >= 0.6 is 24.0 Å². The summed E-state index contributed by atoms with van der Waals surface area (Å²) < 4.78 is 7.31. The average molecular weight is 482 g/mol. The molecular weight excluding hydrogens is 455 g/mol. The summed E-state index contributed by atoms with van der Waals surface area (Å²) in [5.41, 5.74) is 2.27. The first-order valence-electron chi connectivity index (χ1n) is 9.04. The second kappa shape index (κ2) is 11.1. The van der Waals surface area contributed by atoms with Gasteiger partial charge in [0.25, 0.3) is 5.56 Å². The zero-order valence-corrected chi connectivity index (χ0v) is 17.9. The number of aliphatic imine (C=N–C) groups is 1. The molecule has 6 nitrogen and oxygen atoms in total. The third-order valence-electron chi connectivity index (χ3n) is 4.48. The molecule has 0 spiro atoms. The van der Waals surface area contributed by atoms with Gasteiger partial charge >= 0.3 is 0 Å². The fourth-order valence-electron chi connectivity index (χ4n) is 2.97. The van der Waals surface area contributed by atoms with E-state index >= 15 is 0 Å². The molecule has 0 radical (unpaired) electrons. The lowest BCUT2D eigenvalue weighted by molar-refractivity contribution is 0.114. The van der Waals surface area contributed by atoms with E-state index in [-0.39, 0.29) is 35.6 Å². The van der Waals surface area contributed by atoms with Crippen LogP contribution in [-0.2, 0) is 17.8 Å². The Labute approximate surface area is 177 Å². The van der Waals surface area contributed by atoms with Crippen molar-refractivity contribution in [2.75, 3.05) is 20.2 Å². The molecule has 0 amide bonds. The van der Waals surface area contributed by atoms with Gasteiger partial charge in [-0.25, -0.2) is 0 Å². The summed E-state index contributed by atoms with van der Waals surface area (Å²) >= 11 is 0. The number of aromatic nitrogens is 1. The normalized spacial score (nSPS) is 16.6. The van der Waals surface area contributed by atoms with E-state index in [4.69, 9.17) is 4.74 Å². The zero-order valence-electron chi connectivity index (χ0n) is 15.6. The van der Waals surface area contributed by atoms with Gasteiger partial charge in [-0.3, -0.25) is 9.79 Å². The first-order valence-corrected chi connectivity index (χ1v) is 9.04. The van der Waals surface area contributed by atoms with Crippen LogP contribution in [0.15, 0.2) is 58.4 Å². The van der Waals surface area contributed by atoms with Crippen LogP contribution in [0.4, 0.5) is 0 Å². The minimum Gasteiger partial charge on any atom is -0.376 e. The summed E-state index contributed by atoms with van der Waals surface area (Å²) in [6.07, 6.45) is 4.34. The number of halogens is 1. The van der Waals surface area contributed by atoms with Crippen molar-refractivity contribution in [2.45, 2.75) is 32.0 Å². The van der Waals surface area contributed by atoms with Crippen LogP contribution in [0.1, 0.15) is 24.0 Å². The van der Waals surface area contributed by atoms with Crippen molar-refractivity contribution in [2.24, 2.45) is 4.99 Å². The van der Waals surface area contributed by atoms with E-state index in [1.165, 1.54) is 0 Å². The highest BCUT2D eigenvalue weighted by atomic mass is 127. The van der Waals surface area contributed by atoms with Crippen LogP contribution in [0.25, 0.3) is 0 Å². The van der Waals surface area contributed by atoms with Gasteiger partial charge in [-0.15, -0.1) is 24.0 Å². The molecule has 0 bridgehead atoms. The molecule has 0 aliphatic carbocycles. The third-order valence-corrected chi connectivity index (χ3v) is 4.48. The molecule has 0 saturated carbocycles. The Morgan fingerprint density at radius 2 is 1.96 bits per heavy atom. The van der Waals surface area contributed by atoms with Crippen LogP contribution in [-0.4, -0.2) is 36.8 Å². The Balaban J connectivity index is 0.00000261. The highest BCUT2D eigenvalue weighted by Gasteiger charge is 2.15. The van der Waals surface area contributed by atoms with Crippen molar-refractivity contribution in [1.29, 1.82) is 0 Å². The van der Waals surface area contributed by atoms with Crippen LogP contribution in [0.2, 0.25) is 0 Å². The maximum absolute atomic E-state index is 11.8. The topological polar surface area (TPSA) is 67.7 Å². The number of rotatable bonds is 6. The smallest absolute Gasteiger partial charge is 0.250 e. The maximum atomic E-state index is 11.8. The van der Waals surface area contributed by atoms with Gasteiger partial charge in [0.05, 0.1) is 12.6 Å². The van der Waals surface area contributed by atoms with Crippen LogP contribution < -0.4 is 16.2 Å². The second-order valence-electron chi connectivity index (χ2n) is 6.42. The molecule has 1 aliphatic heterocycles. The van der Waals surface area contributed by atoms with E-state index in [1.807, 2.05) is 12.3 Å². The van der Waals surface area contributed by atoms with Gasteiger partial charge in [0.2, 0.25) is 0 Å². The van der Waals surface area contributed by atoms with Gasteiger partial charge < -0.3 is 19.9 Å². The van der Waals surface area contributed by atoms with Gasteiger partial charge in [-0.05, 0) is 30.0 Å². The first kappa shape index (κ1) is 21.4. The number of guanidine groups is 1. The quantitative estimate of drug-likeness (QED) is 0.377. The van der Waals surface area contributed by atoms with Gasteiger partial charge in [0.1, 0.15) is 0 Å². The summed E-state index contributed by atoms with van der Waals surface area (Å²) in [4.78, 5) is 16.0. The van der Waals surface area contributed by atoms with Crippen LogP contribution in [0, 0.1) is 0 Å². The van der Waals surface area contributed by atoms with Crippen molar-refractivity contribution < 1.29 is 4.74 Å². The SMILES string of the molecule is CN=C(NCc1ccc(Cn2ccccc2=O)cc1)NCC1CCCO1.I. The van der Waals surface area contributed by atoms with E-state index in [0.717, 1.165) is 43.1 Å². The average Bonchev–Trinajstić information content (AvgIpc) is 3.18. The fraction of sp³-hybridized carbons (Fsp3) is 0.400. The summed E-state index contributed by atoms with van der Waals surface area (Å²) in [5.74, 6) is 0.778. The van der Waals surface area contributed by atoms with Crippen molar-refractivity contribution >= 4 is 29.9 Å². The molecule has 146 valence electrons. The summed E-state index contributed by atoms with van der Waals surface area (Å²) in [6.45, 7) is 2.92. The highest BCUT2D eigenvalue weighted by Crippen LogP contribution is 2.10. The number of hydrogen-bond donors (Lipinski definition) is 2. The summed E-state index contributed by atoms with van der Waals surface area (Å²) in [7, 11) is 1.77. The minimum absolute atomic E-state index is 0. The van der Waals surface area contributed by atoms with Gasteiger partial charge in [0.15, 0.2) is 5.96 Å². The lowest BCUT2D eigenvalue weighted by atomic mass is 10.1. The molecule has 1 aromatic heterocycles. The molecule has 2 aromatic rings. The summed E-state index contributed by atoms with van der Waals surface area (Å²) in [6, 6.07) is 13.5. The Hall–Kier alpha value is -1.87. The predicted octanol–water partition coefficient (Wildman–Crippen LogP) is 2.36. The van der Waals surface area contributed by atoms with Gasteiger partial charge in [-0.2, -0.15) is 0 Å². The molecule has 1 aliphatic rings. The van der Waals surface area contributed by atoms with Crippen LogP contribution in [0.3, 0.4) is 0 Å². The van der Waals surface area contributed by atoms with Crippen molar-refractivity contribution in [1.82, 2.24) is 15.2 Å². The Bertz CT molecular complexity index is 783. The summed E-state index contributed by atoms with van der Waals surface area (Å²) in [5, 5.41) is 6.62. The van der Waals surface area contributed by atoms with Gasteiger partial charge in [-0.1, -0.05) is 30.3 Å². The van der Waals surface area contributed by atoms with E-state index in [2.05, 4.69) is 39.9 Å². The molecule has 2 N–H and O–H groups in total. The number of nitrogens with zero attached hydrogens (tertiary/aromatic N) is 2. The molecular formula is C20H27IN4O2. The van der Waals surface area contributed by atoms with E-state index in [0.29, 0.717) is 13.1 Å².